The molecule has 0 spiro atoms. The second-order valence-corrected chi connectivity index (χ2v) is 7.41. The van der Waals surface area contributed by atoms with Crippen LogP contribution < -0.4 is 4.74 Å². The lowest BCUT2D eigenvalue weighted by atomic mass is 9.90. The molecule has 1 aromatic heterocycles. The maximum atomic E-state index is 11.9. The van der Waals surface area contributed by atoms with Gasteiger partial charge in [-0.3, -0.25) is 0 Å². The Bertz CT molecular complexity index is 772. The second-order valence-electron chi connectivity index (χ2n) is 6.98. The van der Waals surface area contributed by atoms with Crippen molar-refractivity contribution >= 4 is 17.6 Å². The SMILES string of the molecule is CCOC(=O)c1cccc(Cc2cc(Cl)ccc2OCC2CCCCC2)n1. The van der Waals surface area contributed by atoms with Crippen molar-refractivity contribution in [2.75, 3.05) is 13.2 Å². The number of ether oxygens (including phenoxy) is 2. The molecule has 1 heterocycles. The van der Waals surface area contributed by atoms with Gasteiger partial charge in [-0.1, -0.05) is 36.9 Å². The zero-order valence-corrected chi connectivity index (χ0v) is 16.5. The first kappa shape index (κ1) is 19.7. The average molecular weight is 388 g/mol. The van der Waals surface area contributed by atoms with E-state index < -0.39 is 5.97 Å². The van der Waals surface area contributed by atoms with Crippen LogP contribution in [0.25, 0.3) is 0 Å². The summed E-state index contributed by atoms with van der Waals surface area (Å²) in [6.45, 7) is 2.85. The van der Waals surface area contributed by atoms with Gasteiger partial charge in [0.2, 0.25) is 0 Å². The molecule has 0 atom stereocenters. The van der Waals surface area contributed by atoms with Crippen molar-refractivity contribution in [3.63, 3.8) is 0 Å². The predicted octanol–water partition coefficient (Wildman–Crippen LogP) is 5.46. The summed E-state index contributed by atoms with van der Waals surface area (Å²) in [5.74, 6) is 1.07. The number of hydrogen-bond donors (Lipinski definition) is 0. The smallest absolute Gasteiger partial charge is 0.356 e. The van der Waals surface area contributed by atoms with E-state index in [2.05, 4.69) is 4.98 Å². The number of carbonyl (C=O) groups is 1. The van der Waals surface area contributed by atoms with Crippen LogP contribution >= 0.6 is 11.6 Å². The van der Waals surface area contributed by atoms with E-state index in [4.69, 9.17) is 21.1 Å². The summed E-state index contributed by atoms with van der Waals surface area (Å²) in [6.07, 6.45) is 6.97. The molecule has 0 unspecified atom stereocenters. The Kier molecular flexibility index (Phi) is 7.11. The third kappa shape index (κ3) is 5.70. The van der Waals surface area contributed by atoms with E-state index in [1.165, 1.54) is 32.1 Å². The number of halogens is 1. The van der Waals surface area contributed by atoms with Gasteiger partial charge in [0.15, 0.2) is 0 Å². The Morgan fingerprint density at radius 2 is 2.00 bits per heavy atom. The van der Waals surface area contributed by atoms with Gasteiger partial charge in [0.25, 0.3) is 0 Å². The maximum Gasteiger partial charge on any atom is 0.356 e. The number of carbonyl (C=O) groups excluding carboxylic acids is 1. The highest BCUT2D eigenvalue weighted by Crippen LogP contribution is 2.28. The molecule has 0 amide bonds. The summed E-state index contributed by atoms with van der Waals surface area (Å²) in [6, 6.07) is 11.1. The maximum absolute atomic E-state index is 11.9. The normalized spacial score (nSPS) is 14.7. The van der Waals surface area contributed by atoms with Crippen molar-refractivity contribution in [2.45, 2.75) is 45.4 Å². The second kappa shape index (κ2) is 9.75. The number of pyridine rings is 1. The number of benzene rings is 1. The largest absolute Gasteiger partial charge is 0.493 e. The van der Waals surface area contributed by atoms with Gasteiger partial charge in [0, 0.05) is 22.7 Å². The minimum absolute atomic E-state index is 0.320. The fraction of sp³-hybridized carbons (Fsp3) is 0.455. The van der Waals surface area contributed by atoms with Gasteiger partial charge >= 0.3 is 5.97 Å². The summed E-state index contributed by atoms with van der Waals surface area (Å²) < 4.78 is 11.2. The number of hydrogen-bond acceptors (Lipinski definition) is 4. The van der Waals surface area contributed by atoms with E-state index in [0.717, 1.165) is 23.6 Å². The monoisotopic (exact) mass is 387 g/mol. The van der Waals surface area contributed by atoms with Crippen LogP contribution in [0.5, 0.6) is 5.75 Å². The van der Waals surface area contributed by atoms with Crippen molar-refractivity contribution < 1.29 is 14.3 Å². The third-order valence-electron chi connectivity index (χ3n) is 4.88. The lowest BCUT2D eigenvalue weighted by Gasteiger charge is -2.22. The van der Waals surface area contributed by atoms with Gasteiger partial charge in [0.1, 0.15) is 11.4 Å². The van der Waals surface area contributed by atoms with Crippen LogP contribution in [0.4, 0.5) is 0 Å². The lowest BCUT2D eigenvalue weighted by molar-refractivity contribution is 0.0519. The first-order valence-electron chi connectivity index (χ1n) is 9.70. The van der Waals surface area contributed by atoms with Crippen molar-refractivity contribution in [3.05, 3.63) is 58.4 Å². The molecule has 1 aliphatic carbocycles. The molecular weight excluding hydrogens is 362 g/mol. The molecule has 4 nitrogen and oxygen atoms in total. The Morgan fingerprint density at radius 1 is 1.19 bits per heavy atom. The van der Waals surface area contributed by atoms with Crippen molar-refractivity contribution in [1.29, 1.82) is 0 Å². The highest BCUT2D eigenvalue weighted by Gasteiger charge is 2.16. The lowest BCUT2D eigenvalue weighted by Crippen LogP contribution is -2.16. The van der Waals surface area contributed by atoms with E-state index in [1.807, 2.05) is 30.3 Å². The Morgan fingerprint density at radius 3 is 2.78 bits per heavy atom. The van der Waals surface area contributed by atoms with E-state index in [0.29, 0.717) is 29.7 Å². The fourth-order valence-corrected chi connectivity index (χ4v) is 3.68. The van der Waals surface area contributed by atoms with E-state index >= 15 is 0 Å². The molecule has 0 radical (unpaired) electrons. The van der Waals surface area contributed by atoms with E-state index in [-0.39, 0.29) is 0 Å². The molecule has 1 aliphatic rings. The first-order valence-corrected chi connectivity index (χ1v) is 10.1. The summed E-state index contributed by atoms with van der Waals surface area (Å²) >= 11 is 6.20. The van der Waals surface area contributed by atoms with Gasteiger partial charge < -0.3 is 9.47 Å². The van der Waals surface area contributed by atoms with Gasteiger partial charge in [-0.25, -0.2) is 9.78 Å². The van der Waals surface area contributed by atoms with Crippen LogP contribution in [0.2, 0.25) is 5.02 Å². The van der Waals surface area contributed by atoms with Crippen LogP contribution in [0.3, 0.4) is 0 Å². The van der Waals surface area contributed by atoms with Gasteiger partial charge in [-0.05, 0) is 56.0 Å². The number of esters is 1. The molecule has 27 heavy (non-hydrogen) atoms. The molecule has 0 saturated heterocycles. The van der Waals surface area contributed by atoms with Crippen molar-refractivity contribution in [1.82, 2.24) is 4.98 Å². The summed E-state index contributed by atoms with van der Waals surface area (Å²) in [5, 5.41) is 0.663. The molecule has 1 aromatic carbocycles. The minimum Gasteiger partial charge on any atom is -0.493 e. The molecular formula is C22H26ClNO3. The Labute approximate surface area is 165 Å². The Hall–Kier alpha value is -2.07. The quantitative estimate of drug-likeness (QED) is 0.591. The minimum atomic E-state index is -0.404. The molecule has 3 rings (SSSR count). The average Bonchev–Trinajstić information content (AvgIpc) is 2.68. The molecule has 144 valence electrons. The molecule has 0 bridgehead atoms. The standard InChI is InChI=1S/C22H26ClNO3/c1-2-26-22(25)20-10-6-9-19(24-20)14-17-13-18(23)11-12-21(17)27-15-16-7-4-3-5-8-16/h6,9-13,16H,2-5,7-8,14-15H2,1H3. The van der Waals surface area contributed by atoms with Gasteiger partial charge in [-0.15, -0.1) is 0 Å². The number of aromatic nitrogens is 1. The molecule has 1 fully saturated rings. The van der Waals surface area contributed by atoms with Crippen LogP contribution in [0, 0.1) is 5.92 Å². The van der Waals surface area contributed by atoms with Crippen LogP contribution in [-0.2, 0) is 11.2 Å². The van der Waals surface area contributed by atoms with Gasteiger partial charge in [0.05, 0.1) is 13.2 Å². The zero-order valence-electron chi connectivity index (χ0n) is 15.7. The number of nitrogens with zero attached hydrogens (tertiary/aromatic N) is 1. The topological polar surface area (TPSA) is 48.4 Å². The summed E-state index contributed by atoms with van der Waals surface area (Å²) in [4.78, 5) is 16.4. The fourth-order valence-electron chi connectivity index (χ4n) is 3.48. The molecule has 2 aromatic rings. The molecule has 0 N–H and O–H groups in total. The Balaban J connectivity index is 1.73. The highest BCUT2D eigenvalue weighted by atomic mass is 35.5. The van der Waals surface area contributed by atoms with Crippen LogP contribution in [-0.4, -0.2) is 24.2 Å². The summed E-state index contributed by atoms with van der Waals surface area (Å²) in [7, 11) is 0. The van der Waals surface area contributed by atoms with E-state index in [9.17, 15) is 4.79 Å². The van der Waals surface area contributed by atoms with Crippen molar-refractivity contribution in [3.8, 4) is 5.75 Å². The van der Waals surface area contributed by atoms with Crippen LogP contribution in [0.1, 0.15) is 60.8 Å². The molecule has 0 aliphatic heterocycles. The molecule has 1 saturated carbocycles. The number of rotatable bonds is 7. The third-order valence-corrected chi connectivity index (χ3v) is 5.12. The summed E-state index contributed by atoms with van der Waals surface area (Å²) in [5.41, 5.74) is 2.08. The zero-order chi connectivity index (χ0) is 19.1. The molecule has 5 heteroatoms. The van der Waals surface area contributed by atoms with Crippen molar-refractivity contribution in [2.24, 2.45) is 5.92 Å². The first-order chi connectivity index (χ1) is 13.2. The predicted molar refractivity (Wildman–Crippen MR) is 107 cm³/mol. The van der Waals surface area contributed by atoms with E-state index in [1.54, 1.807) is 13.0 Å². The highest BCUT2D eigenvalue weighted by molar-refractivity contribution is 6.30. The van der Waals surface area contributed by atoms with Gasteiger partial charge in [-0.2, -0.15) is 0 Å². The van der Waals surface area contributed by atoms with Crippen LogP contribution in [0.15, 0.2) is 36.4 Å².